The van der Waals surface area contributed by atoms with Crippen LogP contribution >= 0.6 is 0 Å². The molecule has 0 bridgehead atoms. The summed E-state index contributed by atoms with van der Waals surface area (Å²) in [6, 6.07) is 7.45. The highest BCUT2D eigenvalue weighted by Crippen LogP contribution is 2.29. The van der Waals surface area contributed by atoms with Gasteiger partial charge in [0.05, 0.1) is 5.39 Å². The first-order valence-electron chi connectivity index (χ1n) is 9.18. The number of carbonyl (C=O) groups is 1. The number of fused-ring (bicyclic) bond motifs is 1. The van der Waals surface area contributed by atoms with E-state index in [4.69, 9.17) is 0 Å². The van der Waals surface area contributed by atoms with E-state index in [-0.39, 0.29) is 17.5 Å². The molecule has 6 nitrogen and oxygen atoms in total. The number of amides is 1. The van der Waals surface area contributed by atoms with Gasteiger partial charge in [-0.2, -0.15) is 0 Å². The van der Waals surface area contributed by atoms with Crippen molar-refractivity contribution in [2.24, 2.45) is 11.8 Å². The summed E-state index contributed by atoms with van der Waals surface area (Å²) in [6.07, 6.45) is 4.47. The van der Waals surface area contributed by atoms with Gasteiger partial charge in [0.25, 0.3) is 5.56 Å². The van der Waals surface area contributed by atoms with Gasteiger partial charge in [-0.1, -0.05) is 44.0 Å². The third-order valence-corrected chi connectivity index (χ3v) is 5.46. The molecule has 1 N–H and O–H groups in total. The van der Waals surface area contributed by atoms with Gasteiger partial charge in [0, 0.05) is 19.0 Å². The van der Waals surface area contributed by atoms with Crippen molar-refractivity contribution >= 4 is 16.8 Å². The van der Waals surface area contributed by atoms with Crippen molar-refractivity contribution in [2.45, 2.75) is 58.5 Å². The minimum absolute atomic E-state index is 0.0627. The fourth-order valence-corrected chi connectivity index (χ4v) is 3.62. The SMILES string of the molecule is CC1CCCC(NC(=O)CCCn2nnc3ccccc3c2=O)C1C. The van der Waals surface area contributed by atoms with Gasteiger partial charge in [-0.25, -0.2) is 4.68 Å². The Morgan fingerprint density at radius 2 is 2.08 bits per heavy atom. The number of nitrogens with one attached hydrogen (secondary N) is 1. The molecule has 3 rings (SSSR count). The van der Waals surface area contributed by atoms with E-state index in [1.54, 1.807) is 12.1 Å². The number of hydrogen-bond acceptors (Lipinski definition) is 4. The van der Waals surface area contributed by atoms with Crippen LogP contribution < -0.4 is 10.9 Å². The van der Waals surface area contributed by atoms with Crippen LogP contribution in [0.3, 0.4) is 0 Å². The lowest BCUT2D eigenvalue weighted by molar-refractivity contribution is -0.122. The summed E-state index contributed by atoms with van der Waals surface area (Å²) in [5, 5.41) is 11.8. The molecule has 1 fully saturated rings. The first-order valence-corrected chi connectivity index (χ1v) is 9.18. The fraction of sp³-hybridized carbons (Fsp3) is 0.579. The van der Waals surface area contributed by atoms with Gasteiger partial charge in [0.2, 0.25) is 5.91 Å². The number of aromatic nitrogens is 3. The zero-order chi connectivity index (χ0) is 17.8. The lowest BCUT2D eigenvalue weighted by Gasteiger charge is -2.34. The summed E-state index contributed by atoms with van der Waals surface area (Å²) >= 11 is 0. The van der Waals surface area contributed by atoms with Crippen LogP contribution in [0, 0.1) is 11.8 Å². The minimum atomic E-state index is -0.152. The van der Waals surface area contributed by atoms with Crippen LogP contribution in [0.4, 0.5) is 0 Å². The molecule has 1 heterocycles. The summed E-state index contributed by atoms with van der Waals surface area (Å²) in [5.41, 5.74) is 0.447. The summed E-state index contributed by atoms with van der Waals surface area (Å²) in [5.74, 6) is 1.24. The second-order valence-electron chi connectivity index (χ2n) is 7.18. The van der Waals surface area contributed by atoms with Crippen molar-refractivity contribution in [1.29, 1.82) is 0 Å². The van der Waals surface area contributed by atoms with E-state index in [0.717, 1.165) is 6.42 Å². The Kier molecular flexibility index (Phi) is 5.46. The number of aryl methyl sites for hydroxylation is 1. The quantitative estimate of drug-likeness (QED) is 0.906. The largest absolute Gasteiger partial charge is 0.353 e. The van der Waals surface area contributed by atoms with Crippen LogP contribution in [-0.2, 0) is 11.3 Å². The van der Waals surface area contributed by atoms with E-state index in [1.165, 1.54) is 17.5 Å². The Labute approximate surface area is 147 Å². The number of hydrogen-bond donors (Lipinski definition) is 1. The van der Waals surface area contributed by atoms with Gasteiger partial charge in [0.15, 0.2) is 0 Å². The van der Waals surface area contributed by atoms with Crippen LogP contribution in [0.2, 0.25) is 0 Å². The Hall–Kier alpha value is -2.24. The molecular formula is C19H26N4O2. The van der Waals surface area contributed by atoms with Crippen molar-refractivity contribution in [3.05, 3.63) is 34.6 Å². The molecular weight excluding hydrogens is 316 g/mol. The van der Waals surface area contributed by atoms with E-state index in [9.17, 15) is 9.59 Å². The van der Waals surface area contributed by atoms with Gasteiger partial charge in [-0.3, -0.25) is 9.59 Å². The molecule has 1 aliphatic rings. The summed E-state index contributed by atoms with van der Waals surface area (Å²) in [6.45, 7) is 4.88. The molecule has 0 radical (unpaired) electrons. The maximum atomic E-state index is 12.4. The van der Waals surface area contributed by atoms with Crippen molar-refractivity contribution in [1.82, 2.24) is 20.3 Å². The zero-order valence-electron chi connectivity index (χ0n) is 14.9. The normalized spacial score (nSPS) is 23.5. The van der Waals surface area contributed by atoms with Crippen molar-refractivity contribution < 1.29 is 4.79 Å². The molecule has 1 aromatic heterocycles. The van der Waals surface area contributed by atoms with Crippen LogP contribution in [-0.4, -0.2) is 26.9 Å². The highest BCUT2D eigenvalue weighted by atomic mass is 16.1. The topological polar surface area (TPSA) is 76.9 Å². The second kappa shape index (κ2) is 7.76. The Bertz CT molecular complexity index is 801. The second-order valence-corrected chi connectivity index (χ2v) is 7.18. The molecule has 3 unspecified atom stereocenters. The maximum Gasteiger partial charge on any atom is 0.277 e. The number of rotatable bonds is 5. The molecule has 0 saturated heterocycles. The molecule has 1 aromatic carbocycles. The highest BCUT2D eigenvalue weighted by molar-refractivity contribution is 5.77. The Morgan fingerprint density at radius 1 is 1.28 bits per heavy atom. The monoisotopic (exact) mass is 342 g/mol. The molecule has 2 aromatic rings. The van der Waals surface area contributed by atoms with Crippen molar-refractivity contribution in [3.63, 3.8) is 0 Å². The standard InChI is InChI=1S/C19H26N4O2/c1-13-7-5-10-16(14(13)2)20-18(24)11-6-12-23-19(25)15-8-3-4-9-17(15)21-22-23/h3-4,8-9,13-14,16H,5-7,10-12H2,1-2H3,(H,20,24). The van der Waals surface area contributed by atoms with Crippen LogP contribution in [0.25, 0.3) is 10.9 Å². The molecule has 0 spiro atoms. The van der Waals surface area contributed by atoms with Crippen LogP contribution in [0.5, 0.6) is 0 Å². The Morgan fingerprint density at radius 3 is 2.92 bits per heavy atom. The van der Waals surface area contributed by atoms with E-state index in [2.05, 4.69) is 29.5 Å². The summed E-state index contributed by atoms with van der Waals surface area (Å²) < 4.78 is 1.35. The first-order chi connectivity index (χ1) is 12.1. The molecule has 0 aliphatic heterocycles. The molecule has 1 aliphatic carbocycles. The zero-order valence-corrected chi connectivity index (χ0v) is 14.9. The Balaban J connectivity index is 1.53. The number of nitrogens with zero attached hydrogens (tertiary/aromatic N) is 3. The molecule has 25 heavy (non-hydrogen) atoms. The van der Waals surface area contributed by atoms with Crippen molar-refractivity contribution in [3.8, 4) is 0 Å². The average molecular weight is 342 g/mol. The smallest absolute Gasteiger partial charge is 0.277 e. The van der Waals surface area contributed by atoms with Crippen LogP contribution in [0.1, 0.15) is 46.0 Å². The van der Waals surface area contributed by atoms with E-state index in [1.807, 2.05) is 12.1 Å². The average Bonchev–Trinajstić information content (AvgIpc) is 2.61. The lowest BCUT2D eigenvalue weighted by atomic mass is 9.78. The van der Waals surface area contributed by atoms with Gasteiger partial charge < -0.3 is 5.32 Å². The van der Waals surface area contributed by atoms with Gasteiger partial charge >= 0.3 is 0 Å². The van der Waals surface area contributed by atoms with E-state index < -0.39 is 0 Å². The highest BCUT2D eigenvalue weighted by Gasteiger charge is 2.27. The van der Waals surface area contributed by atoms with Gasteiger partial charge in [-0.15, -0.1) is 5.10 Å². The van der Waals surface area contributed by atoms with Crippen LogP contribution in [0.15, 0.2) is 29.1 Å². The lowest BCUT2D eigenvalue weighted by Crippen LogP contribution is -2.43. The maximum absolute atomic E-state index is 12.4. The molecule has 3 atom stereocenters. The molecule has 1 saturated carbocycles. The van der Waals surface area contributed by atoms with E-state index in [0.29, 0.717) is 42.1 Å². The molecule has 6 heteroatoms. The number of benzene rings is 1. The third-order valence-electron chi connectivity index (χ3n) is 5.46. The van der Waals surface area contributed by atoms with Gasteiger partial charge in [-0.05, 0) is 36.8 Å². The fourth-order valence-electron chi connectivity index (χ4n) is 3.62. The number of carbonyl (C=O) groups excluding carboxylic acids is 1. The summed E-state index contributed by atoms with van der Waals surface area (Å²) in [4.78, 5) is 24.6. The summed E-state index contributed by atoms with van der Waals surface area (Å²) in [7, 11) is 0. The molecule has 1 amide bonds. The predicted molar refractivity (Wildman–Crippen MR) is 97.1 cm³/mol. The first kappa shape index (κ1) is 17.6. The molecule has 134 valence electrons. The van der Waals surface area contributed by atoms with Crippen molar-refractivity contribution in [2.75, 3.05) is 0 Å². The minimum Gasteiger partial charge on any atom is -0.353 e. The third kappa shape index (κ3) is 4.06. The predicted octanol–water partition coefficient (Wildman–Crippen LogP) is 2.51. The van der Waals surface area contributed by atoms with E-state index >= 15 is 0 Å². The van der Waals surface area contributed by atoms with Gasteiger partial charge in [0.1, 0.15) is 5.52 Å².